The number of carbonyl (C=O) groups is 4. The molecule has 86 heavy (non-hydrogen) atoms. The van der Waals surface area contributed by atoms with Gasteiger partial charge in [-0.3, -0.25) is 28.8 Å². The van der Waals surface area contributed by atoms with E-state index in [9.17, 15) is 37.5 Å². The van der Waals surface area contributed by atoms with E-state index in [1.807, 2.05) is 89.6 Å². The van der Waals surface area contributed by atoms with Crippen molar-refractivity contribution in [1.29, 1.82) is 0 Å². The van der Waals surface area contributed by atoms with Crippen LogP contribution in [0.15, 0.2) is 84.8 Å². The number of benzene rings is 2. The average molecular weight is 1210 g/mol. The van der Waals surface area contributed by atoms with E-state index in [1.165, 1.54) is 17.0 Å². The van der Waals surface area contributed by atoms with E-state index in [4.69, 9.17) is 23.7 Å². The van der Waals surface area contributed by atoms with Gasteiger partial charge in [0.1, 0.15) is 30.1 Å². The lowest BCUT2D eigenvalue weighted by Gasteiger charge is -2.35. The van der Waals surface area contributed by atoms with Crippen LogP contribution in [0, 0.1) is 19.3 Å². The number of pyridine rings is 2. The quantitative estimate of drug-likeness (QED) is 0.0296. The molecular formula is C62H77F3N10O10S. The summed E-state index contributed by atoms with van der Waals surface area (Å²) in [6, 6.07) is 14.0. The Labute approximate surface area is 503 Å². The molecule has 2 aliphatic heterocycles. The number of unbranched alkanes of at least 4 members (excludes halogenated alkanes) is 2. The summed E-state index contributed by atoms with van der Waals surface area (Å²) in [6.07, 6.45) is 1.87. The second-order valence-corrected chi connectivity index (χ2v) is 23.4. The number of amides is 3. The van der Waals surface area contributed by atoms with E-state index in [0.717, 1.165) is 63.5 Å². The summed E-state index contributed by atoms with van der Waals surface area (Å²) in [5.74, 6) is -1.07. The van der Waals surface area contributed by atoms with Gasteiger partial charge in [0.25, 0.3) is 0 Å². The number of Topliss-reactive ketones (excluding diaryl/α,β-unsaturated/α-hetero) is 1. The number of β-amino-alcohol motifs (C(OH)–C–C–N with tert-alkyl or cyclic N) is 1. The number of hydrogen-bond acceptors (Lipinski definition) is 17. The highest BCUT2D eigenvalue weighted by Crippen LogP contribution is 2.35. The lowest BCUT2D eigenvalue weighted by atomic mass is 9.85. The Balaban J connectivity index is 0.690. The smallest absolute Gasteiger partial charge is 0.416 e. The van der Waals surface area contributed by atoms with E-state index >= 15 is 0 Å². The fourth-order valence-electron chi connectivity index (χ4n) is 10.2. The van der Waals surface area contributed by atoms with E-state index in [0.29, 0.717) is 88.5 Å². The van der Waals surface area contributed by atoms with E-state index in [2.05, 4.69) is 40.8 Å². The first-order chi connectivity index (χ1) is 41.2. The van der Waals surface area contributed by atoms with Crippen LogP contribution in [0.2, 0.25) is 0 Å². The molecule has 3 N–H and O–H groups in total. The summed E-state index contributed by atoms with van der Waals surface area (Å²) < 4.78 is 70.6. The lowest BCUT2D eigenvalue weighted by Crippen LogP contribution is -2.57. The zero-order valence-electron chi connectivity index (χ0n) is 49.6. The molecule has 462 valence electrons. The number of nitrogens with one attached hydrogen (secondary N) is 2. The molecule has 2 saturated heterocycles. The molecule has 2 aromatic carbocycles. The molecule has 2 aliphatic rings. The minimum absolute atomic E-state index is 0.00758. The van der Waals surface area contributed by atoms with Gasteiger partial charge in [-0.1, -0.05) is 68.8 Å². The number of thiazole rings is 1. The van der Waals surface area contributed by atoms with Gasteiger partial charge < -0.3 is 49.2 Å². The fraction of sp³-hybridized carbons (Fsp3) is 0.500. The predicted octanol–water partition coefficient (Wildman–Crippen LogP) is 8.32. The Hall–Kier alpha value is -7.22. The van der Waals surface area contributed by atoms with Crippen molar-refractivity contribution in [2.24, 2.45) is 5.41 Å². The van der Waals surface area contributed by atoms with Crippen molar-refractivity contribution in [2.45, 2.75) is 124 Å². The molecule has 0 aliphatic carbocycles. The molecule has 4 atom stereocenters. The number of aliphatic hydroxyl groups is 1. The number of aromatic nitrogens is 6. The normalized spacial score (nSPS) is 16.3. The van der Waals surface area contributed by atoms with Crippen molar-refractivity contribution in [3.63, 3.8) is 0 Å². The maximum absolute atomic E-state index is 14.1. The number of halogens is 3. The van der Waals surface area contributed by atoms with Crippen LogP contribution in [0.1, 0.15) is 110 Å². The molecular weight excluding hydrogens is 1130 g/mol. The Morgan fingerprint density at radius 1 is 0.837 bits per heavy atom. The molecule has 6 heterocycles. The van der Waals surface area contributed by atoms with Gasteiger partial charge in [-0.2, -0.15) is 13.2 Å². The van der Waals surface area contributed by atoms with Gasteiger partial charge in [-0.25, -0.2) is 9.97 Å². The Morgan fingerprint density at radius 3 is 2.28 bits per heavy atom. The molecule has 0 radical (unpaired) electrons. The monoisotopic (exact) mass is 1210 g/mol. The highest BCUT2D eigenvalue weighted by molar-refractivity contribution is 7.13. The molecule has 20 nitrogen and oxygen atoms in total. The van der Waals surface area contributed by atoms with E-state index in [1.54, 1.807) is 28.4 Å². The van der Waals surface area contributed by atoms with Gasteiger partial charge in [0.05, 0.1) is 92.8 Å². The minimum atomic E-state index is -4.56. The predicted molar refractivity (Wildman–Crippen MR) is 316 cm³/mol. The third-order valence-electron chi connectivity index (χ3n) is 14.9. The highest BCUT2D eigenvalue weighted by Gasteiger charge is 2.45. The summed E-state index contributed by atoms with van der Waals surface area (Å²) >= 11 is 1.57. The molecule has 6 aromatic rings. The van der Waals surface area contributed by atoms with Crippen LogP contribution in [0.5, 0.6) is 5.88 Å². The van der Waals surface area contributed by atoms with Gasteiger partial charge in [-0.05, 0) is 80.0 Å². The summed E-state index contributed by atoms with van der Waals surface area (Å²) in [6.45, 7) is 16.3. The second kappa shape index (κ2) is 30.4. The largest absolute Gasteiger partial charge is 0.474 e. The number of ketones is 1. The third kappa shape index (κ3) is 18.2. The van der Waals surface area contributed by atoms with Crippen LogP contribution >= 0.6 is 11.3 Å². The molecule has 0 bridgehead atoms. The number of aryl methyl sites for hydroxylation is 3. The van der Waals surface area contributed by atoms with Crippen LogP contribution in [0.4, 0.5) is 18.9 Å². The average Bonchev–Trinajstić information content (AvgIpc) is 2.50. The van der Waals surface area contributed by atoms with Crippen molar-refractivity contribution in [3.05, 3.63) is 124 Å². The number of morpholine rings is 1. The first kappa shape index (κ1) is 64.8. The molecule has 0 spiro atoms. The molecule has 0 saturated carbocycles. The van der Waals surface area contributed by atoms with Crippen LogP contribution in [-0.4, -0.2) is 154 Å². The Morgan fingerprint density at radius 2 is 1.57 bits per heavy atom. The molecule has 24 heteroatoms. The molecule has 4 aromatic heterocycles. The summed E-state index contributed by atoms with van der Waals surface area (Å²) in [5, 5.41) is 25.1. The summed E-state index contributed by atoms with van der Waals surface area (Å²) in [5.41, 5.74) is 7.28. The van der Waals surface area contributed by atoms with Crippen molar-refractivity contribution in [1.82, 2.24) is 45.5 Å². The van der Waals surface area contributed by atoms with Crippen molar-refractivity contribution in [3.8, 4) is 27.4 Å². The van der Waals surface area contributed by atoms with Crippen LogP contribution in [-0.2, 0) is 59.1 Å². The zero-order chi connectivity index (χ0) is 61.4. The number of nitrogens with zero attached hydrogens (tertiary/aromatic N) is 8. The SMILES string of the molecule is Cc1ncc(CC(=O)c2cccc(C(F)(F)F)c2)cc1-c1cnc(OCCOCCOCCOCc2cn(CCCCCC(=O)N[C@@H](C(=O)N3C[C@@H](O)C[C@@H]3C(=O)N[C@@H](C)c3ccc(-c4scnc4C)cc3)C(C)(C)C)nn2)c(N2CCOCC2)c1. The van der Waals surface area contributed by atoms with Gasteiger partial charge in [0.2, 0.25) is 23.6 Å². The van der Waals surface area contributed by atoms with Gasteiger partial charge in [-0.15, -0.1) is 16.4 Å². The maximum Gasteiger partial charge on any atom is 0.416 e. The van der Waals surface area contributed by atoms with Crippen LogP contribution < -0.4 is 20.3 Å². The van der Waals surface area contributed by atoms with Gasteiger partial charge in [0, 0.05) is 80.2 Å². The summed E-state index contributed by atoms with van der Waals surface area (Å²) in [7, 11) is 0. The van der Waals surface area contributed by atoms with Crippen molar-refractivity contribution in [2.75, 3.05) is 77.4 Å². The third-order valence-corrected chi connectivity index (χ3v) is 15.9. The topological polar surface area (TPSA) is 235 Å². The molecule has 3 amide bonds. The first-order valence-electron chi connectivity index (χ1n) is 29.0. The lowest BCUT2D eigenvalue weighted by molar-refractivity contribution is -0.144. The zero-order valence-corrected chi connectivity index (χ0v) is 50.4. The van der Waals surface area contributed by atoms with Crippen LogP contribution in [0.25, 0.3) is 21.6 Å². The first-order valence-corrected chi connectivity index (χ1v) is 29.9. The number of rotatable bonds is 29. The number of anilines is 1. The Kier molecular flexibility index (Phi) is 22.9. The van der Waals surface area contributed by atoms with Crippen molar-refractivity contribution < 1.29 is 61.1 Å². The summed E-state index contributed by atoms with van der Waals surface area (Å²) in [4.78, 5) is 72.4. The number of carbonyl (C=O) groups excluding carboxylic acids is 4. The van der Waals surface area contributed by atoms with E-state index < -0.39 is 47.0 Å². The van der Waals surface area contributed by atoms with Crippen LogP contribution in [0.3, 0.4) is 0 Å². The second-order valence-electron chi connectivity index (χ2n) is 22.6. The highest BCUT2D eigenvalue weighted by atomic mass is 32.1. The fourth-order valence-corrected chi connectivity index (χ4v) is 11.0. The maximum atomic E-state index is 14.1. The Bertz CT molecular complexity index is 3220. The standard InChI is InChI=1S/C62H77F3N10O10S/c1-40(44-14-16-45(17-15-44)56-42(3)68-39-86-56)69-58(79)52-33-50(76)37-75(52)60(80)57(61(4,5)6)70-55(78)13-8-7-9-18-74-36-49(71-72-74)38-84-26-25-82-23-24-83-27-28-85-59-53(73-19-21-81-22-20-73)32-47(35-67-59)51-29-43(34-66-41(51)2)30-54(77)46-11-10-12-48(31-46)62(63,64)65/h10-12,14-17,29,31-32,34-36,39-40,50,52,57,76H,7-9,13,18-28,30,33,37-38H2,1-6H3,(H,69,79)(H,70,78)/t40-,50-,52+,57-/m0/s1. The number of ether oxygens (including phenoxy) is 5. The molecule has 8 rings (SSSR count). The van der Waals surface area contributed by atoms with Gasteiger partial charge >= 0.3 is 6.18 Å². The number of alkyl halides is 3. The van der Waals surface area contributed by atoms with Crippen molar-refractivity contribution >= 4 is 40.5 Å². The minimum Gasteiger partial charge on any atom is -0.474 e. The number of likely N-dealkylation sites (tertiary alicyclic amines) is 1. The van der Waals surface area contributed by atoms with Gasteiger partial charge in [0.15, 0.2) is 5.78 Å². The molecule has 0 unspecified atom stereocenters. The number of aliphatic hydroxyl groups excluding tert-OH is 1. The number of hydrogen-bond donors (Lipinski definition) is 3. The van der Waals surface area contributed by atoms with E-state index in [-0.39, 0.29) is 69.0 Å². The molecule has 2 fully saturated rings.